The Kier molecular flexibility index (Phi) is 1.94. The van der Waals surface area contributed by atoms with E-state index in [-0.39, 0.29) is 0 Å². The van der Waals surface area contributed by atoms with E-state index in [9.17, 15) is 4.79 Å². The van der Waals surface area contributed by atoms with Gasteiger partial charge in [-0.1, -0.05) is 6.07 Å². The van der Waals surface area contributed by atoms with Crippen molar-refractivity contribution in [1.29, 1.82) is 0 Å². The second-order valence-electron chi connectivity index (χ2n) is 3.20. The molecule has 0 aromatic heterocycles. The first-order valence-electron chi connectivity index (χ1n) is 4.00. The highest BCUT2D eigenvalue weighted by molar-refractivity contribution is 14.1. The highest BCUT2D eigenvalue weighted by atomic mass is 127. The molecule has 1 aliphatic carbocycles. The lowest BCUT2D eigenvalue weighted by atomic mass is 10.1. The summed E-state index contributed by atoms with van der Waals surface area (Å²) in [7, 11) is 0. The number of ketones is 1. The average Bonchev–Trinajstić information content (AvgIpc) is 2.31. The van der Waals surface area contributed by atoms with Crippen LogP contribution in [0.25, 0.3) is 0 Å². The third kappa shape index (κ3) is 1.18. The molecule has 0 amide bonds. The zero-order chi connectivity index (χ0) is 8.72. The SMILES string of the molecule is Cc1cc(I)c2c(c1)CCC2=O. The van der Waals surface area contributed by atoms with Crippen molar-refractivity contribution in [3.63, 3.8) is 0 Å². The van der Waals surface area contributed by atoms with Crippen LogP contribution in [0.3, 0.4) is 0 Å². The topological polar surface area (TPSA) is 17.1 Å². The minimum absolute atomic E-state index is 0.314. The molecule has 2 heteroatoms. The second kappa shape index (κ2) is 2.83. The third-order valence-corrected chi connectivity index (χ3v) is 3.07. The molecular weight excluding hydrogens is 263 g/mol. The van der Waals surface area contributed by atoms with E-state index in [4.69, 9.17) is 0 Å². The van der Waals surface area contributed by atoms with E-state index in [2.05, 4.69) is 41.6 Å². The Morgan fingerprint density at radius 2 is 2.08 bits per heavy atom. The molecule has 0 bridgehead atoms. The predicted octanol–water partition coefficient (Wildman–Crippen LogP) is 2.73. The molecule has 0 spiro atoms. The van der Waals surface area contributed by atoms with E-state index in [0.29, 0.717) is 12.2 Å². The van der Waals surface area contributed by atoms with Crippen molar-refractivity contribution in [3.05, 3.63) is 32.4 Å². The molecule has 0 saturated heterocycles. The molecule has 0 saturated carbocycles. The Bertz CT molecular complexity index is 355. The first-order chi connectivity index (χ1) is 5.68. The van der Waals surface area contributed by atoms with Gasteiger partial charge >= 0.3 is 0 Å². The largest absolute Gasteiger partial charge is 0.294 e. The van der Waals surface area contributed by atoms with Crippen LogP contribution >= 0.6 is 22.6 Å². The van der Waals surface area contributed by atoms with Gasteiger partial charge in [-0.05, 0) is 53.1 Å². The Morgan fingerprint density at radius 3 is 2.83 bits per heavy atom. The van der Waals surface area contributed by atoms with E-state index < -0.39 is 0 Å². The van der Waals surface area contributed by atoms with Gasteiger partial charge in [0.15, 0.2) is 5.78 Å². The van der Waals surface area contributed by atoms with Crippen LogP contribution in [-0.2, 0) is 6.42 Å². The maximum absolute atomic E-state index is 11.4. The molecule has 1 nitrogen and oxygen atoms in total. The van der Waals surface area contributed by atoms with E-state index in [1.165, 1.54) is 11.1 Å². The zero-order valence-corrected chi connectivity index (χ0v) is 9.01. The predicted molar refractivity (Wildman–Crippen MR) is 56.5 cm³/mol. The number of hydrogen-bond donors (Lipinski definition) is 0. The number of carbonyl (C=O) groups excluding carboxylic acids is 1. The molecule has 0 fully saturated rings. The Labute approximate surface area is 85.3 Å². The molecular formula is C10H9IO. The molecule has 62 valence electrons. The average molecular weight is 272 g/mol. The summed E-state index contributed by atoms with van der Waals surface area (Å²) in [5.74, 6) is 0.314. The van der Waals surface area contributed by atoms with Gasteiger partial charge < -0.3 is 0 Å². The molecule has 12 heavy (non-hydrogen) atoms. The lowest BCUT2D eigenvalue weighted by Crippen LogP contribution is -1.95. The van der Waals surface area contributed by atoms with Crippen molar-refractivity contribution in [2.45, 2.75) is 19.8 Å². The molecule has 2 rings (SSSR count). The molecule has 0 heterocycles. The van der Waals surface area contributed by atoms with Gasteiger partial charge in [-0.25, -0.2) is 0 Å². The van der Waals surface area contributed by atoms with E-state index in [1.807, 2.05) is 0 Å². The Morgan fingerprint density at radius 1 is 1.33 bits per heavy atom. The molecule has 0 atom stereocenters. The summed E-state index contributed by atoms with van der Waals surface area (Å²) in [5, 5.41) is 0. The summed E-state index contributed by atoms with van der Waals surface area (Å²) in [6, 6.07) is 4.20. The minimum Gasteiger partial charge on any atom is -0.294 e. The van der Waals surface area contributed by atoms with E-state index >= 15 is 0 Å². The van der Waals surface area contributed by atoms with Crippen LogP contribution in [0.4, 0.5) is 0 Å². The Balaban J connectivity index is 2.68. The van der Waals surface area contributed by atoms with Crippen LogP contribution in [0.1, 0.15) is 27.9 Å². The van der Waals surface area contributed by atoms with Gasteiger partial charge in [0.1, 0.15) is 0 Å². The molecule has 1 aromatic rings. The Hall–Kier alpha value is -0.380. The van der Waals surface area contributed by atoms with Gasteiger partial charge in [0.25, 0.3) is 0 Å². The van der Waals surface area contributed by atoms with Crippen LogP contribution in [-0.4, -0.2) is 5.78 Å². The van der Waals surface area contributed by atoms with Gasteiger partial charge in [-0.2, -0.15) is 0 Å². The number of benzene rings is 1. The fourth-order valence-corrected chi connectivity index (χ4v) is 2.84. The van der Waals surface area contributed by atoms with Crippen molar-refractivity contribution < 1.29 is 4.79 Å². The minimum atomic E-state index is 0.314. The quantitative estimate of drug-likeness (QED) is 0.664. The lowest BCUT2D eigenvalue weighted by molar-refractivity contribution is 0.0994. The van der Waals surface area contributed by atoms with Crippen LogP contribution in [0.15, 0.2) is 12.1 Å². The lowest BCUT2D eigenvalue weighted by Gasteiger charge is -2.02. The number of rotatable bonds is 0. The summed E-state index contributed by atoms with van der Waals surface area (Å²) in [6.45, 7) is 2.07. The van der Waals surface area contributed by atoms with Gasteiger partial charge in [0.05, 0.1) is 0 Å². The van der Waals surface area contributed by atoms with Crippen LogP contribution in [0.5, 0.6) is 0 Å². The van der Waals surface area contributed by atoms with Crippen molar-refractivity contribution in [2.75, 3.05) is 0 Å². The zero-order valence-electron chi connectivity index (χ0n) is 6.86. The molecule has 0 radical (unpaired) electrons. The first kappa shape index (κ1) is 8.23. The number of carbonyl (C=O) groups is 1. The van der Waals surface area contributed by atoms with Gasteiger partial charge in [0, 0.05) is 15.6 Å². The third-order valence-electron chi connectivity index (χ3n) is 2.22. The number of halogens is 1. The van der Waals surface area contributed by atoms with Crippen molar-refractivity contribution >= 4 is 28.4 Å². The van der Waals surface area contributed by atoms with Crippen LogP contribution in [0.2, 0.25) is 0 Å². The monoisotopic (exact) mass is 272 g/mol. The highest BCUT2D eigenvalue weighted by Gasteiger charge is 2.21. The summed E-state index contributed by atoms with van der Waals surface area (Å²) < 4.78 is 1.12. The number of Topliss-reactive ketones (excluding diaryl/α,β-unsaturated/α-hetero) is 1. The molecule has 1 aliphatic rings. The van der Waals surface area contributed by atoms with E-state index in [0.717, 1.165) is 15.6 Å². The summed E-state index contributed by atoms with van der Waals surface area (Å²) >= 11 is 2.25. The summed E-state index contributed by atoms with van der Waals surface area (Å²) in [6.07, 6.45) is 1.64. The molecule has 0 unspecified atom stereocenters. The summed E-state index contributed by atoms with van der Waals surface area (Å²) in [4.78, 5) is 11.4. The van der Waals surface area contributed by atoms with Gasteiger partial charge in [0.2, 0.25) is 0 Å². The van der Waals surface area contributed by atoms with Crippen LogP contribution in [0, 0.1) is 10.5 Å². The van der Waals surface area contributed by atoms with E-state index in [1.54, 1.807) is 0 Å². The number of hydrogen-bond acceptors (Lipinski definition) is 1. The first-order valence-corrected chi connectivity index (χ1v) is 5.08. The molecule has 0 aliphatic heterocycles. The number of fused-ring (bicyclic) bond motifs is 1. The highest BCUT2D eigenvalue weighted by Crippen LogP contribution is 2.27. The van der Waals surface area contributed by atoms with Crippen molar-refractivity contribution in [1.82, 2.24) is 0 Å². The molecule has 0 N–H and O–H groups in total. The van der Waals surface area contributed by atoms with Crippen molar-refractivity contribution in [2.24, 2.45) is 0 Å². The van der Waals surface area contributed by atoms with Gasteiger partial charge in [-0.15, -0.1) is 0 Å². The number of aryl methyl sites for hydroxylation is 2. The molecule has 1 aromatic carbocycles. The fraction of sp³-hybridized carbons (Fsp3) is 0.300. The fourth-order valence-electron chi connectivity index (χ4n) is 1.70. The van der Waals surface area contributed by atoms with Crippen LogP contribution < -0.4 is 0 Å². The maximum Gasteiger partial charge on any atom is 0.164 e. The smallest absolute Gasteiger partial charge is 0.164 e. The second-order valence-corrected chi connectivity index (χ2v) is 4.37. The maximum atomic E-state index is 11.4. The summed E-state index contributed by atoms with van der Waals surface area (Å²) in [5.41, 5.74) is 3.47. The standard InChI is InChI=1S/C10H9IO/c1-6-4-7-2-3-9(12)10(7)8(11)5-6/h4-5H,2-3H2,1H3. The van der Waals surface area contributed by atoms with Gasteiger partial charge in [-0.3, -0.25) is 4.79 Å². The van der Waals surface area contributed by atoms with Crippen molar-refractivity contribution in [3.8, 4) is 0 Å². The normalized spacial score (nSPS) is 15.0.